The van der Waals surface area contributed by atoms with E-state index in [1.54, 1.807) is 0 Å². The Balaban J connectivity index is 1.88. The van der Waals surface area contributed by atoms with E-state index >= 15 is 0 Å². The van der Waals surface area contributed by atoms with Gasteiger partial charge in [-0.25, -0.2) is 5.32 Å². The summed E-state index contributed by atoms with van der Waals surface area (Å²) in [6.45, 7) is 4.48. The second-order valence-corrected chi connectivity index (χ2v) is 3.90. The number of benzene rings is 1. The van der Waals surface area contributed by atoms with Crippen LogP contribution >= 0.6 is 0 Å². The molecule has 1 N–H and O–H groups in total. The van der Waals surface area contributed by atoms with Crippen LogP contribution in [0.1, 0.15) is 11.7 Å². The maximum absolute atomic E-state index is 10.0. The summed E-state index contributed by atoms with van der Waals surface area (Å²) in [4.78, 5) is 2.27. The van der Waals surface area contributed by atoms with Crippen molar-refractivity contribution < 1.29 is 5.11 Å². The van der Waals surface area contributed by atoms with Gasteiger partial charge in [0.05, 0.1) is 6.10 Å². The monoisotopic (exact) mass is 205 g/mol. The fourth-order valence-electron chi connectivity index (χ4n) is 1.86. The van der Waals surface area contributed by atoms with Gasteiger partial charge in [-0.05, 0) is 5.56 Å². The largest absolute Gasteiger partial charge is 0.387 e. The molecule has 1 aromatic carbocycles. The number of β-amino-alcohol motifs (C(OH)–C–C–N with tert-alkyl or cyclic N) is 1. The molecule has 1 aliphatic rings. The van der Waals surface area contributed by atoms with Gasteiger partial charge >= 0.3 is 0 Å². The van der Waals surface area contributed by atoms with Gasteiger partial charge in [0.2, 0.25) is 0 Å². The minimum absolute atomic E-state index is 0.371. The van der Waals surface area contributed by atoms with Crippen LogP contribution in [0, 0.1) is 0 Å². The SMILES string of the molecule is OC(CN1CC[N]CC1)c1ccccc1. The molecule has 15 heavy (non-hydrogen) atoms. The van der Waals surface area contributed by atoms with E-state index in [-0.39, 0.29) is 6.10 Å². The molecule has 1 unspecified atom stereocenters. The summed E-state index contributed by atoms with van der Waals surface area (Å²) in [6, 6.07) is 9.84. The molecule has 81 valence electrons. The summed E-state index contributed by atoms with van der Waals surface area (Å²) in [6.07, 6.45) is -0.371. The fourth-order valence-corrected chi connectivity index (χ4v) is 1.86. The maximum Gasteiger partial charge on any atom is 0.0916 e. The van der Waals surface area contributed by atoms with Crippen LogP contribution in [-0.4, -0.2) is 42.7 Å². The number of aliphatic hydroxyl groups is 1. The predicted octanol–water partition coefficient (Wildman–Crippen LogP) is 0.640. The van der Waals surface area contributed by atoms with Crippen LogP contribution in [0.5, 0.6) is 0 Å². The molecule has 3 heteroatoms. The van der Waals surface area contributed by atoms with Crippen molar-refractivity contribution in [1.82, 2.24) is 10.2 Å². The predicted molar refractivity (Wildman–Crippen MR) is 59.7 cm³/mol. The zero-order valence-electron chi connectivity index (χ0n) is 8.84. The van der Waals surface area contributed by atoms with Crippen molar-refractivity contribution >= 4 is 0 Å². The van der Waals surface area contributed by atoms with Crippen LogP contribution in [0.25, 0.3) is 0 Å². The molecule has 1 aromatic rings. The van der Waals surface area contributed by atoms with E-state index in [2.05, 4.69) is 10.2 Å². The molecule has 1 fully saturated rings. The Kier molecular flexibility index (Phi) is 3.72. The number of nitrogens with zero attached hydrogens (tertiary/aromatic N) is 2. The van der Waals surface area contributed by atoms with Gasteiger partial charge < -0.3 is 5.11 Å². The third-order valence-corrected chi connectivity index (χ3v) is 2.76. The zero-order chi connectivity index (χ0) is 10.5. The highest BCUT2D eigenvalue weighted by atomic mass is 16.3. The maximum atomic E-state index is 10.0. The smallest absolute Gasteiger partial charge is 0.0916 e. The molecule has 1 radical (unpaired) electrons. The first kappa shape index (κ1) is 10.6. The molecule has 1 aliphatic heterocycles. The lowest BCUT2D eigenvalue weighted by Gasteiger charge is -2.28. The molecular formula is C12H17N2O. The van der Waals surface area contributed by atoms with E-state index in [1.807, 2.05) is 30.3 Å². The average molecular weight is 205 g/mol. The number of aliphatic hydroxyl groups excluding tert-OH is 1. The molecule has 0 aromatic heterocycles. The Labute approximate surface area is 90.7 Å². The minimum atomic E-state index is -0.371. The van der Waals surface area contributed by atoms with Crippen molar-refractivity contribution in [2.24, 2.45) is 0 Å². The van der Waals surface area contributed by atoms with Crippen molar-refractivity contribution in [2.75, 3.05) is 32.7 Å². The molecule has 1 atom stereocenters. The lowest BCUT2D eigenvalue weighted by molar-refractivity contribution is 0.105. The van der Waals surface area contributed by atoms with Crippen molar-refractivity contribution in [1.29, 1.82) is 0 Å². The highest BCUT2D eigenvalue weighted by molar-refractivity contribution is 5.17. The molecule has 2 rings (SSSR count). The standard InChI is InChI=1S/C12H17N2O/c15-12(11-4-2-1-3-5-11)10-14-8-6-13-7-9-14/h1-5,12,15H,6-10H2. The lowest BCUT2D eigenvalue weighted by Crippen LogP contribution is -2.42. The van der Waals surface area contributed by atoms with Gasteiger partial charge in [0, 0.05) is 32.7 Å². The van der Waals surface area contributed by atoms with Crippen LogP contribution in [0.4, 0.5) is 0 Å². The van der Waals surface area contributed by atoms with Crippen LogP contribution in [0.2, 0.25) is 0 Å². The van der Waals surface area contributed by atoms with Gasteiger partial charge in [0.25, 0.3) is 0 Å². The van der Waals surface area contributed by atoms with Crippen molar-refractivity contribution in [3.8, 4) is 0 Å². The van der Waals surface area contributed by atoms with E-state index in [4.69, 9.17) is 0 Å². The third kappa shape index (κ3) is 3.02. The van der Waals surface area contributed by atoms with Crippen molar-refractivity contribution in [2.45, 2.75) is 6.10 Å². The number of hydrogen-bond acceptors (Lipinski definition) is 2. The number of rotatable bonds is 3. The van der Waals surface area contributed by atoms with E-state index in [1.165, 1.54) is 0 Å². The Morgan fingerprint density at radius 1 is 1.20 bits per heavy atom. The first-order valence-electron chi connectivity index (χ1n) is 5.45. The van der Waals surface area contributed by atoms with Gasteiger partial charge in [-0.2, -0.15) is 0 Å². The Bertz CT molecular complexity index is 283. The summed E-state index contributed by atoms with van der Waals surface area (Å²) in [5, 5.41) is 14.3. The lowest BCUT2D eigenvalue weighted by atomic mass is 10.1. The van der Waals surface area contributed by atoms with Gasteiger partial charge in [-0.15, -0.1) is 0 Å². The second-order valence-electron chi connectivity index (χ2n) is 3.90. The van der Waals surface area contributed by atoms with Crippen LogP contribution in [0.15, 0.2) is 30.3 Å². The average Bonchev–Trinajstić information content (AvgIpc) is 2.31. The number of hydrogen-bond donors (Lipinski definition) is 1. The third-order valence-electron chi connectivity index (χ3n) is 2.76. The molecule has 1 heterocycles. The van der Waals surface area contributed by atoms with E-state index in [9.17, 15) is 5.11 Å². The second kappa shape index (κ2) is 5.26. The Hall–Kier alpha value is -0.900. The highest BCUT2D eigenvalue weighted by Crippen LogP contribution is 2.13. The van der Waals surface area contributed by atoms with Gasteiger partial charge in [-0.3, -0.25) is 4.90 Å². The summed E-state index contributed by atoms with van der Waals surface area (Å²) in [5.41, 5.74) is 1.00. The van der Waals surface area contributed by atoms with Gasteiger partial charge in [0.15, 0.2) is 0 Å². The molecule has 0 aliphatic carbocycles. The Morgan fingerprint density at radius 3 is 2.53 bits per heavy atom. The molecule has 0 spiro atoms. The molecule has 0 amide bonds. The Morgan fingerprint density at radius 2 is 1.87 bits per heavy atom. The first-order valence-corrected chi connectivity index (χ1v) is 5.45. The fraction of sp³-hybridized carbons (Fsp3) is 0.500. The zero-order valence-corrected chi connectivity index (χ0v) is 8.84. The number of piperazine rings is 1. The van der Waals surface area contributed by atoms with Crippen molar-refractivity contribution in [3.63, 3.8) is 0 Å². The van der Waals surface area contributed by atoms with Gasteiger partial charge in [0.1, 0.15) is 0 Å². The highest BCUT2D eigenvalue weighted by Gasteiger charge is 2.15. The minimum Gasteiger partial charge on any atom is -0.387 e. The van der Waals surface area contributed by atoms with E-state index in [0.717, 1.165) is 38.3 Å². The van der Waals surface area contributed by atoms with Crippen LogP contribution in [-0.2, 0) is 0 Å². The van der Waals surface area contributed by atoms with Crippen LogP contribution in [0.3, 0.4) is 0 Å². The van der Waals surface area contributed by atoms with Gasteiger partial charge in [-0.1, -0.05) is 30.3 Å². The van der Waals surface area contributed by atoms with Crippen LogP contribution < -0.4 is 5.32 Å². The summed E-state index contributed by atoms with van der Waals surface area (Å²) >= 11 is 0. The van der Waals surface area contributed by atoms with Crippen molar-refractivity contribution in [3.05, 3.63) is 35.9 Å². The first-order chi connectivity index (χ1) is 7.36. The molecular weight excluding hydrogens is 188 g/mol. The normalized spacial score (nSPS) is 20.1. The molecule has 0 saturated carbocycles. The molecule has 3 nitrogen and oxygen atoms in total. The summed E-state index contributed by atoms with van der Waals surface area (Å²) < 4.78 is 0. The van der Waals surface area contributed by atoms with E-state index in [0.29, 0.717) is 0 Å². The molecule has 0 bridgehead atoms. The quantitative estimate of drug-likeness (QED) is 0.786. The van der Waals surface area contributed by atoms with E-state index < -0.39 is 0 Å². The topological polar surface area (TPSA) is 37.6 Å². The summed E-state index contributed by atoms with van der Waals surface area (Å²) in [5.74, 6) is 0. The molecule has 1 saturated heterocycles. The summed E-state index contributed by atoms with van der Waals surface area (Å²) in [7, 11) is 0.